The minimum atomic E-state index is 0.0650. The lowest BCUT2D eigenvalue weighted by molar-refractivity contribution is -0.116. The lowest BCUT2D eigenvalue weighted by Gasteiger charge is -2.34. The van der Waals surface area contributed by atoms with Crippen molar-refractivity contribution in [1.82, 2.24) is 9.80 Å². The van der Waals surface area contributed by atoms with Gasteiger partial charge < -0.3 is 15.0 Å². The van der Waals surface area contributed by atoms with E-state index in [4.69, 9.17) is 16.3 Å². The molecule has 4 rings (SSSR count). The van der Waals surface area contributed by atoms with E-state index in [1.807, 2.05) is 54.6 Å². The highest BCUT2D eigenvalue weighted by Crippen LogP contribution is 2.23. The lowest BCUT2D eigenvalue weighted by atomic mass is 10.1. The number of nitrogens with zero attached hydrogens (tertiary/aromatic N) is 2. The molecule has 3 aromatic carbocycles. The molecular formula is C25H28ClN3O2. The summed E-state index contributed by atoms with van der Waals surface area (Å²) >= 11 is 5.90. The SMILES string of the molecule is O=C(CCN1CCN(CCOc2ccc(Cl)cc2)CC1)Nc1cccc2ccccc12. The number of fused-ring (bicyclic) bond motifs is 1. The highest BCUT2D eigenvalue weighted by atomic mass is 35.5. The van der Waals surface area contributed by atoms with Gasteiger partial charge in [0, 0.05) is 61.8 Å². The van der Waals surface area contributed by atoms with Crippen molar-refractivity contribution >= 4 is 34.0 Å². The van der Waals surface area contributed by atoms with Gasteiger partial charge in [0.15, 0.2) is 0 Å². The van der Waals surface area contributed by atoms with Crippen molar-refractivity contribution in [3.05, 3.63) is 71.8 Å². The normalized spacial score (nSPS) is 15.1. The molecule has 0 atom stereocenters. The van der Waals surface area contributed by atoms with Crippen LogP contribution in [0.3, 0.4) is 0 Å². The van der Waals surface area contributed by atoms with Crippen molar-refractivity contribution in [2.75, 3.05) is 51.2 Å². The summed E-state index contributed by atoms with van der Waals surface area (Å²) in [4.78, 5) is 17.3. The molecule has 1 saturated heterocycles. The van der Waals surface area contributed by atoms with E-state index >= 15 is 0 Å². The van der Waals surface area contributed by atoms with E-state index < -0.39 is 0 Å². The van der Waals surface area contributed by atoms with Gasteiger partial charge in [0.05, 0.1) is 0 Å². The zero-order chi connectivity index (χ0) is 21.5. The molecule has 0 unspecified atom stereocenters. The van der Waals surface area contributed by atoms with Crippen molar-refractivity contribution in [2.24, 2.45) is 0 Å². The van der Waals surface area contributed by atoms with Crippen LogP contribution in [-0.4, -0.2) is 61.6 Å². The van der Waals surface area contributed by atoms with Crippen LogP contribution in [0.15, 0.2) is 66.7 Å². The summed E-state index contributed by atoms with van der Waals surface area (Å²) in [6.45, 7) is 6.29. The van der Waals surface area contributed by atoms with Gasteiger partial charge in [-0.1, -0.05) is 48.0 Å². The van der Waals surface area contributed by atoms with Crippen LogP contribution >= 0.6 is 11.6 Å². The Morgan fingerprint density at radius 3 is 2.32 bits per heavy atom. The van der Waals surface area contributed by atoms with Crippen LogP contribution in [0.1, 0.15) is 6.42 Å². The maximum Gasteiger partial charge on any atom is 0.225 e. The second-order valence-electron chi connectivity index (χ2n) is 7.81. The fraction of sp³-hybridized carbons (Fsp3) is 0.320. The fourth-order valence-electron chi connectivity index (χ4n) is 3.87. The predicted octanol–water partition coefficient (Wildman–Crippen LogP) is 4.52. The number of anilines is 1. The highest BCUT2D eigenvalue weighted by molar-refractivity contribution is 6.30. The molecule has 3 aromatic rings. The Morgan fingerprint density at radius 2 is 1.55 bits per heavy atom. The van der Waals surface area contributed by atoms with Gasteiger partial charge in [-0.15, -0.1) is 0 Å². The summed E-state index contributed by atoms with van der Waals surface area (Å²) in [6, 6.07) is 21.6. The molecule has 0 saturated carbocycles. The number of piperazine rings is 1. The number of benzene rings is 3. The minimum absolute atomic E-state index is 0.0650. The van der Waals surface area contributed by atoms with E-state index in [2.05, 4.69) is 27.2 Å². The molecule has 1 N–H and O–H groups in total. The number of carbonyl (C=O) groups is 1. The van der Waals surface area contributed by atoms with Crippen molar-refractivity contribution in [2.45, 2.75) is 6.42 Å². The highest BCUT2D eigenvalue weighted by Gasteiger charge is 2.17. The third-order valence-electron chi connectivity index (χ3n) is 5.67. The number of hydrogen-bond acceptors (Lipinski definition) is 4. The van der Waals surface area contributed by atoms with Crippen LogP contribution in [0.2, 0.25) is 5.02 Å². The standard InChI is InChI=1S/C25H28ClN3O2/c26-21-8-10-22(11-9-21)31-19-18-29-16-14-28(15-17-29)13-12-25(30)27-24-7-3-5-20-4-1-2-6-23(20)24/h1-11H,12-19H2,(H,27,30). The first-order valence-corrected chi connectivity index (χ1v) is 11.2. The lowest BCUT2D eigenvalue weighted by Crippen LogP contribution is -2.48. The quantitative estimate of drug-likeness (QED) is 0.562. The molecule has 0 bridgehead atoms. The van der Waals surface area contributed by atoms with Gasteiger partial charge in [0.25, 0.3) is 0 Å². The van der Waals surface area contributed by atoms with E-state index in [-0.39, 0.29) is 5.91 Å². The Balaban J connectivity index is 1.15. The number of amides is 1. The Labute approximate surface area is 188 Å². The summed E-state index contributed by atoms with van der Waals surface area (Å²) in [5.41, 5.74) is 0.883. The average Bonchev–Trinajstić information content (AvgIpc) is 2.80. The first kappa shape index (κ1) is 21.6. The molecule has 31 heavy (non-hydrogen) atoms. The van der Waals surface area contributed by atoms with Gasteiger partial charge in [0.2, 0.25) is 5.91 Å². The number of halogens is 1. The van der Waals surface area contributed by atoms with Crippen LogP contribution < -0.4 is 10.1 Å². The van der Waals surface area contributed by atoms with Crippen LogP contribution in [0.4, 0.5) is 5.69 Å². The molecule has 1 heterocycles. The molecule has 0 radical (unpaired) electrons. The summed E-state index contributed by atoms with van der Waals surface area (Å²) < 4.78 is 5.79. The number of nitrogens with one attached hydrogen (secondary N) is 1. The molecular weight excluding hydrogens is 410 g/mol. The zero-order valence-electron chi connectivity index (χ0n) is 17.6. The van der Waals surface area contributed by atoms with Gasteiger partial charge in [0.1, 0.15) is 12.4 Å². The second kappa shape index (κ2) is 10.6. The van der Waals surface area contributed by atoms with E-state index in [9.17, 15) is 4.79 Å². The van der Waals surface area contributed by atoms with Gasteiger partial charge in [-0.25, -0.2) is 0 Å². The van der Waals surface area contributed by atoms with Crippen LogP contribution in [0.5, 0.6) is 5.75 Å². The van der Waals surface area contributed by atoms with E-state index in [0.717, 1.165) is 61.5 Å². The van der Waals surface area contributed by atoms with Crippen molar-refractivity contribution < 1.29 is 9.53 Å². The minimum Gasteiger partial charge on any atom is -0.492 e. The zero-order valence-corrected chi connectivity index (χ0v) is 18.4. The van der Waals surface area contributed by atoms with E-state index in [1.54, 1.807) is 0 Å². The third kappa shape index (κ3) is 6.20. The molecule has 1 fully saturated rings. The molecule has 0 spiro atoms. The summed E-state index contributed by atoms with van der Waals surface area (Å²) in [6.07, 6.45) is 0.503. The number of rotatable bonds is 8. The third-order valence-corrected chi connectivity index (χ3v) is 5.93. The first-order valence-electron chi connectivity index (χ1n) is 10.8. The molecule has 0 aromatic heterocycles. The maximum absolute atomic E-state index is 12.5. The second-order valence-corrected chi connectivity index (χ2v) is 8.25. The van der Waals surface area contributed by atoms with Gasteiger partial charge in [-0.3, -0.25) is 9.69 Å². The molecule has 6 heteroatoms. The first-order chi connectivity index (χ1) is 15.2. The molecule has 1 amide bonds. The monoisotopic (exact) mass is 437 g/mol. The Bertz CT molecular complexity index is 996. The number of carbonyl (C=O) groups excluding carboxylic acids is 1. The van der Waals surface area contributed by atoms with Crippen LogP contribution in [-0.2, 0) is 4.79 Å². The molecule has 1 aliphatic rings. The van der Waals surface area contributed by atoms with Gasteiger partial charge in [-0.2, -0.15) is 0 Å². The predicted molar refractivity (Wildman–Crippen MR) is 127 cm³/mol. The molecule has 162 valence electrons. The van der Waals surface area contributed by atoms with Crippen molar-refractivity contribution in [3.8, 4) is 5.75 Å². The summed E-state index contributed by atoms with van der Waals surface area (Å²) in [7, 11) is 0. The van der Waals surface area contributed by atoms with Crippen molar-refractivity contribution in [3.63, 3.8) is 0 Å². The smallest absolute Gasteiger partial charge is 0.225 e. The van der Waals surface area contributed by atoms with Crippen LogP contribution in [0.25, 0.3) is 10.8 Å². The number of ether oxygens (including phenoxy) is 1. The van der Waals surface area contributed by atoms with E-state index in [1.165, 1.54) is 0 Å². The van der Waals surface area contributed by atoms with Crippen LogP contribution in [0, 0.1) is 0 Å². The average molecular weight is 438 g/mol. The Morgan fingerprint density at radius 1 is 0.871 bits per heavy atom. The summed E-state index contributed by atoms with van der Waals surface area (Å²) in [5, 5.41) is 6.01. The Hall–Kier alpha value is -2.60. The molecule has 5 nitrogen and oxygen atoms in total. The van der Waals surface area contributed by atoms with E-state index in [0.29, 0.717) is 18.1 Å². The van der Waals surface area contributed by atoms with Crippen molar-refractivity contribution in [1.29, 1.82) is 0 Å². The molecule has 1 aliphatic heterocycles. The Kier molecular flexibility index (Phi) is 7.41. The van der Waals surface area contributed by atoms with Gasteiger partial charge >= 0.3 is 0 Å². The topological polar surface area (TPSA) is 44.8 Å². The molecule has 0 aliphatic carbocycles. The number of hydrogen-bond donors (Lipinski definition) is 1. The maximum atomic E-state index is 12.5. The van der Waals surface area contributed by atoms with Gasteiger partial charge in [-0.05, 0) is 35.7 Å². The largest absolute Gasteiger partial charge is 0.492 e. The summed E-state index contributed by atoms with van der Waals surface area (Å²) in [5.74, 6) is 0.912. The fourth-order valence-corrected chi connectivity index (χ4v) is 3.99.